The molecule has 64 heavy (non-hydrogen) atoms. The van der Waals surface area contributed by atoms with E-state index >= 15 is 0 Å². The van der Waals surface area contributed by atoms with Crippen LogP contribution in [0.2, 0.25) is 0 Å². The van der Waals surface area contributed by atoms with E-state index in [-0.39, 0.29) is 0 Å². The summed E-state index contributed by atoms with van der Waals surface area (Å²) in [7, 11) is 0. The third kappa shape index (κ3) is 5.39. The van der Waals surface area contributed by atoms with E-state index in [9.17, 15) is 0 Å². The highest BCUT2D eigenvalue weighted by Crippen LogP contribution is 2.64. The van der Waals surface area contributed by atoms with Crippen molar-refractivity contribution in [1.29, 1.82) is 0 Å². The van der Waals surface area contributed by atoms with Crippen LogP contribution in [-0.2, 0) is 5.41 Å². The first-order chi connectivity index (χ1) is 31.7. The van der Waals surface area contributed by atoms with Gasteiger partial charge in [0.05, 0.1) is 39.4 Å². The number of rotatable bonds is 5. The first kappa shape index (κ1) is 36.2. The lowest BCUT2D eigenvalue weighted by molar-refractivity contribution is 0.754. The quantitative estimate of drug-likeness (QED) is 0.162. The highest BCUT2D eigenvalue weighted by Gasteiger charge is 2.51. The van der Waals surface area contributed by atoms with Crippen LogP contribution in [0.5, 0.6) is 0 Å². The fourth-order valence-electron chi connectivity index (χ4n) is 10.5. The molecule has 13 rings (SSSR count). The summed E-state index contributed by atoms with van der Waals surface area (Å²) in [5.74, 6) is 0.697. The number of fused-ring (bicyclic) bond motifs is 12. The van der Waals surface area contributed by atoms with Crippen molar-refractivity contribution in [2.75, 3.05) is 4.90 Å². The summed E-state index contributed by atoms with van der Waals surface area (Å²) in [5, 5.41) is 3.39. The molecule has 0 radical (unpaired) electrons. The molecule has 2 aromatic heterocycles. The Balaban J connectivity index is 1.07. The lowest BCUT2D eigenvalue weighted by Crippen LogP contribution is -2.36. The van der Waals surface area contributed by atoms with E-state index in [1.807, 2.05) is 24.3 Å². The maximum atomic E-state index is 5.52. The number of para-hydroxylation sites is 3. The monoisotopic (exact) mass is 814 g/mol. The summed E-state index contributed by atoms with van der Waals surface area (Å²) >= 11 is 0. The lowest BCUT2D eigenvalue weighted by atomic mass is 9.64. The maximum absolute atomic E-state index is 5.52. The van der Waals surface area contributed by atoms with Crippen LogP contribution in [0.4, 0.5) is 17.1 Å². The molecular weight excluding hydrogens is 777 g/mol. The van der Waals surface area contributed by atoms with Crippen LogP contribution in [0.3, 0.4) is 0 Å². The molecule has 11 aromatic rings. The Morgan fingerprint density at radius 3 is 1.55 bits per heavy atom. The van der Waals surface area contributed by atoms with Gasteiger partial charge in [0.15, 0.2) is 5.82 Å². The number of hydrogen-bond acceptors (Lipinski definition) is 4. The fraction of sp³-hybridized carbons (Fsp3) is 0.0167. The van der Waals surface area contributed by atoms with Gasteiger partial charge >= 0.3 is 0 Å². The summed E-state index contributed by atoms with van der Waals surface area (Å²) in [5.41, 5.74) is 18.2. The van der Waals surface area contributed by atoms with Crippen LogP contribution in [0.1, 0.15) is 22.3 Å². The van der Waals surface area contributed by atoms with E-state index in [1.165, 1.54) is 39.1 Å². The van der Waals surface area contributed by atoms with Gasteiger partial charge in [0, 0.05) is 38.7 Å². The summed E-state index contributed by atoms with van der Waals surface area (Å²) in [6.45, 7) is 0. The Morgan fingerprint density at radius 1 is 0.328 bits per heavy atom. The van der Waals surface area contributed by atoms with Crippen molar-refractivity contribution in [3.63, 3.8) is 0 Å². The summed E-state index contributed by atoms with van der Waals surface area (Å²) in [6.07, 6.45) is 0. The van der Waals surface area contributed by atoms with Crippen molar-refractivity contribution in [2.45, 2.75) is 5.41 Å². The molecule has 0 bridgehead atoms. The van der Waals surface area contributed by atoms with Gasteiger partial charge in [-0.2, -0.15) is 0 Å². The van der Waals surface area contributed by atoms with E-state index in [4.69, 9.17) is 15.0 Å². The van der Waals surface area contributed by atoms with Gasteiger partial charge < -0.3 is 4.90 Å². The zero-order valence-electron chi connectivity index (χ0n) is 34.7. The largest absolute Gasteiger partial charge is 0.310 e. The number of aromatic nitrogens is 3. The molecule has 4 nitrogen and oxygen atoms in total. The van der Waals surface area contributed by atoms with Gasteiger partial charge in [-0.25, -0.2) is 15.0 Å². The smallest absolute Gasteiger partial charge is 0.160 e. The van der Waals surface area contributed by atoms with E-state index in [2.05, 4.69) is 211 Å². The molecule has 0 unspecified atom stereocenters. The Kier molecular flexibility index (Phi) is 8.09. The summed E-state index contributed by atoms with van der Waals surface area (Å²) < 4.78 is 0. The predicted octanol–water partition coefficient (Wildman–Crippen LogP) is 15.0. The van der Waals surface area contributed by atoms with Crippen LogP contribution in [0.25, 0.3) is 78.0 Å². The molecule has 0 saturated heterocycles. The van der Waals surface area contributed by atoms with Gasteiger partial charge in [0.1, 0.15) is 0 Å². The third-order valence-corrected chi connectivity index (χ3v) is 13.3. The first-order valence-corrected chi connectivity index (χ1v) is 21.9. The number of nitrogens with zero attached hydrogens (tertiary/aromatic N) is 4. The number of hydrogen-bond donors (Lipinski definition) is 0. The molecule has 0 N–H and O–H groups in total. The minimum atomic E-state index is -0.578. The molecule has 1 spiro atoms. The zero-order chi connectivity index (χ0) is 42.2. The zero-order valence-corrected chi connectivity index (χ0v) is 34.7. The molecule has 0 saturated carbocycles. The second-order valence-corrected chi connectivity index (χ2v) is 16.7. The average Bonchev–Trinajstić information content (AvgIpc) is 3.67. The van der Waals surface area contributed by atoms with Crippen LogP contribution < -0.4 is 4.90 Å². The normalized spacial score (nSPS) is 13.1. The standard InChI is InChI=1S/C60H38N4/c1-4-18-39(19-5-1)54-38-55(63-59(62-54)42-20-6-2-7-21-42)40-32-34-41(35-33-40)58-48-36-52-57(37-47(48)46-26-12-16-30-53(46)61-58)64(43-22-8-3-9-23-43)56-31-17-15-29-51(56)60(52)49-27-13-10-24-44(49)45-25-11-14-28-50(45)60/h1-38H. The molecule has 0 fully saturated rings. The van der Waals surface area contributed by atoms with E-state index in [0.29, 0.717) is 5.82 Å². The van der Waals surface area contributed by atoms with E-state index in [1.54, 1.807) is 0 Å². The Labute approximate surface area is 371 Å². The maximum Gasteiger partial charge on any atom is 0.160 e. The van der Waals surface area contributed by atoms with Gasteiger partial charge in [-0.05, 0) is 81.2 Å². The predicted molar refractivity (Wildman–Crippen MR) is 262 cm³/mol. The molecule has 1 aliphatic heterocycles. The van der Waals surface area contributed by atoms with E-state index < -0.39 is 5.41 Å². The first-order valence-electron chi connectivity index (χ1n) is 21.9. The second kappa shape index (κ2) is 14.3. The van der Waals surface area contributed by atoms with Gasteiger partial charge in [-0.15, -0.1) is 0 Å². The fourth-order valence-corrected chi connectivity index (χ4v) is 10.5. The van der Waals surface area contributed by atoms with Gasteiger partial charge in [-0.1, -0.05) is 188 Å². The van der Waals surface area contributed by atoms with Crippen LogP contribution in [0, 0.1) is 0 Å². The molecule has 4 heteroatoms. The molecule has 3 heterocycles. The van der Waals surface area contributed by atoms with Crippen molar-refractivity contribution in [2.24, 2.45) is 0 Å². The molecule has 0 amide bonds. The van der Waals surface area contributed by atoms with E-state index in [0.717, 1.165) is 72.4 Å². The van der Waals surface area contributed by atoms with Gasteiger partial charge in [0.25, 0.3) is 0 Å². The van der Waals surface area contributed by atoms with Crippen molar-refractivity contribution >= 4 is 38.7 Å². The number of pyridine rings is 1. The molecule has 2 aliphatic rings. The second-order valence-electron chi connectivity index (χ2n) is 16.7. The number of anilines is 3. The molecule has 298 valence electrons. The average molecular weight is 815 g/mol. The topological polar surface area (TPSA) is 41.9 Å². The molecule has 0 atom stereocenters. The van der Waals surface area contributed by atoms with Gasteiger partial charge in [-0.3, -0.25) is 0 Å². The SMILES string of the molecule is c1ccc(-c2cc(-c3ccc(-c4nc5ccccc5c5cc6c(cc45)C4(c5ccccc5-c5ccccc54)c4ccccc4N6c4ccccc4)cc3)nc(-c3ccccc3)n2)cc1. The Morgan fingerprint density at radius 2 is 0.859 bits per heavy atom. The lowest BCUT2D eigenvalue weighted by Gasteiger charge is -2.45. The van der Waals surface area contributed by atoms with Crippen LogP contribution >= 0.6 is 0 Å². The minimum absolute atomic E-state index is 0.578. The highest BCUT2D eigenvalue weighted by atomic mass is 15.2. The van der Waals surface area contributed by atoms with Crippen molar-refractivity contribution in [3.05, 3.63) is 253 Å². The Bertz CT molecular complexity index is 3500. The van der Waals surface area contributed by atoms with Crippen molar-refractivity contribution < 1.29 is 0 Å². The molecule has 9 aromatic carbocycles. The van der Waals surface area contributed by atoms with Crippen molar-refractivity contribution in [1.82, 2.24) is 15.0 Å². The van der Waals surface area contributed by atoms with Crippen molar-refractivity contribution in [3.8, 4) is 56.3 Å². The highest BCUT2D eigenvalue weighted by molar-refractivity contribution is 6.14. The van der Waals surface area contributed by atoms with Crippen LogP contribution in [-0.4, -0.2) is 15.0 Å². The van der Waals surface area contributed by atoms with Crippen LogP contribution in [0.15, 0.2) is 231 Å². The number of benzene rings is 9. The minimum Gasteiger partial charge on any atom is -0.310 e. The summed E-state index contributed by atoms with van der Waals surface area (Å²) in [6, 6.07) is 82.8. The molecular formula is C60H38N4. The third-order valence-electron chi connectivity index (χ3n) is 13.3. The molecule has 1 aliphatic carbocycles. The van der Waals surface area contributed by atoms with Gasteiger partial charge in [0.2, 0.25) is 0 Å². The Hall–Kier alpha value is -8.47. The summed E-state index contributed by atoms with van der Waals surface area (Å²) in [4.78, 5) is 18.2.